The molecule has 74 valence electrons. The molecule has 1 aromatic rings. The van der Waals surface area contributed by atoms with Gasteiger partial charge in [0.2, 0.25) is 0 Å². The van der Waals surface area contributed by atoms with Crippen LogP contribution in [0.4, 0.5) is 0 Å². The fraction of sp³-hybridized carbons (Fsp3) is 0.364. The number of benzene rings is 1. The molecule has 1 aromatic carbocycles. The van der Waals surface area contributed by atoms with Gasteiger partial charge in [0.05, 0.1) is 5.92 Å². The van der Waals surface area contributed by atoms with Crippen molar-refractivity contribution in [2.45, 2.75) is 12.8 Å². The molecule has 14 heavy (non-hydrogen) atoms. The second-order valence-electron chi connectivity index (χ2n) is 3.77. The number of aliphatic carboxylic acids is 1. The highest BCUT2D eigenvalue weighted by Crippen LogP contribution is 2.55. The van der Waals surface area contributed by atoms with Crippen molar-refractivity contribution in [1.29, 1.82) is 0 Å². The highest BCUT2D eigenvalue weighted by molar-refractivity contribution is 6.31. The summed E-state index contributed by atoms with van der Waals surface area (Å²) in [5.74, 6) is -0.675. The minimum atomic E-state index is -0.720. The van der Waals surface area contributed by atoms with Gasteiger partial charge in [0.15, 0.2) is 0 Å². The molecule has 1 fully saturated rings. The Balaban J connectivity index is 2.27. The largest absolute Gasteiger partial charge is 0.481 e. The molecule has 3 unspecified atom stereocenters. The van der Waals surface area contributed by atoms with Gasteiger partial charge in [-0.3, -0.25) is 4.79 Å². The Labute approximate surface area is 87.5 Å². The van der Waals surface area contributed by atoms with Gasteiger partial charge in [0, 0.05) is 10.9 Å². The average molecular weight is 211 g/mol. The molecular formula is C11H11ClO2. The molecule has 2 nitrogen and oxygen atoms in total. The first-order valence-electron chi connectivity index (χ1n) is 4.60. The summed E-state index contributed by atoms with van der Waals surface area (Å²) in [6.45, 7) is 1.95. The molecule has 3 heteroatoms. The number of hydrogen-bond donors (Lipinski definition) is 1. The Morgan fingerprint density at radius 2 is 2.07 bits per heavy atom. The van der Waals surface area contributed by atoms with Crippen molar-refractivity contribution >= 4 is 17.6 Å². The summed E-state index contributed by atoms with van der Waals surface area (Å²) in [6.07, 6.45) is 0. The van der Waals surface area contributed by atoms with Crippen molar-refractivity contribution in [2.24, 2.45) is 11.8 Å². The first kappa shape index (κ1) is 9.53. The van der Waals surface area contributed by atoms with Crippen LogP contribution in [-0.2, 0) is 4.79 Å². The van der Waals surface area contributed by atoms with Crippen LogP contribution in [0.3, 0.4) is 0 Å². The molecule has 3 atom stereocenters. The van der Waals surface area contributed by atoms with Crippen LogP contribution in [0.1, 0.15) is 18.4 Å². The van der Waals surface area contributed by atoms with Gasteiger partial charge >= 0.3 is 5.97 Å². The molecule has 0 bridgehead atoms. The predicted molar refractivity (Wildman–Crippen MR) is 54.5 cm³/mol. The number of rotatable bonds is 2. The van der Waals surface area contributed by atoms with Crippen molar-refractivity contribution < 1.29 is 9.90 Å². The Kier molecular flexibility index (Phi) is 2.23. The molecule has 1 saturated carbocycles. The highest BCUT2D eigenvalue weighted by atomic mass is 35.5. The van der Waals surface area contributed by atoms with E-state index >= 15 is 0 Å². The summed E-state index contributed by atoms with van der Waals surface area (Å²) < 4.78 is 0. The smallest absolute Gasteiger partial charge is 0.307 e. The third kappa shape index (κ3) is 1.40. The van der Waals surface area contributed by atoms with Crippen LogP contribution in [-0.4, -0.2) is 11.1 Å². The van der Waals surface area contributed by atoms with Gasteiger partial charge in [-0.2, -0.15) is 0 Å². The molecule has 0 heterocycles. The molecule has 1 aliphatic rings. The van der Waals surface area contributed by atoms with Crippen molar-refractivity contribution in [3.63, 3.8) is 0 Å². The molecular weight excluding hydrogens is 200 g/mol. The van der Waals surface area contributed by atoms with Crippen LogP contribution in [0.15, 0.2) is 24.3 Å². The van der Waals surface area contributed by atoms with Crippen LogP contribution in [0.2, 0.25) is 5.02 Å². The van der Waals surface area contributed by atoms with Crippen LogP contribution < -0.4 is 0 Å². The van der Waals surface area contributed by atoms with Gasteiger partial charge in [-0.05, 0) is 17.5 Å². The van der Waals surface area contributed by atoms with Gasteiger partial charge in [0.25, 0.3) is 0 Å². The van der Waals surface area contributed by atoms with Crippen molar-refractivity contribution in [3.8, 4) is 0 Å². The Hall–Kier alpha value is -1.02. The lowest BCUT2D eigenvalue weighted by Crippen LogP contribution is -1.99. The molecule has 0 aromatic heterocycles. The summed E-state index contributed by atoms with van der Waals surface area (Å²) in [5.41, 5.74) is 0.967. The topological polar surface area (TPSA) is 37.3 Å². The van der Waals surface area contributed by atoms with Gasteiger partial charge in [0.1, 0.15) is 0 Å². The van der Waals surface area contributed by atoms with E-state index in [4.69, 9.17) is 16.7 Å². The number of halogens is 1. The first-order chi connectivity index (χ1) is 6.63. The van der Waals surface area contributed by atoms with Gasteiger partial charge < -0.3 is 5.11 Å². The van der Waals surface area contributed by atoms with E-state index in [2.05, 4.69) is 0 Å². The molecule has 1 aliphatic carbocycles. The summed E-state index contributed by atoms with van der Waals surface area (Å²) in [5, 5.41) is 9.58. The summed E-state index contributed by atoms with van der Waals surface area (Å²) in [6, 6.07) is 7.47. The lowest BCUT2D eigenvalue weighted by molar-refractivity contribution is -0.138. The maximum absolute atomic E-state index is 10.8. The van der Waals surface area contributed by atoms with Crippen LogP contribution >= 0.6 is 11.6 Å². The van der Waals surface area contributed by atoms with E-state index in [0.717, 1.165) is 5.56 Å². The zero-order valence-electron chi connectivity index (χ0n) is 7.77. The SMILES string of the molecule is CC1C(C(=O)O)C1c1ccccc1Cl. The Morgan fingerprint density at radius 1 is 1.43 bits per heavy atom. The zero-order chi connectivity index (χ0) is 10.3. The fourth-order valence-electron chi connectivity index (χ4n) is 2.06. The molecule has 0 saturated heterocycles. The van der Waals surface area contributed by atoms with E-state index in [0.29, 0.717) is 5.02 Å². The number of hydrogen-bond acceptors (Lipinski definition) is 1. The molecule has 0 radical (unpaired) electrons. The van der Waals surface area contributed by atoms with Crippen LogP contribution in [0.5, 0.6) is 0 Å². The van der Waals surface area contributed by atoms with Gasteiger partial charge in [-0.25, -0.2) is 0 Å². The normalized spacial score (nSPS) is 30.0. The maximum atomic E-state index is 10.8. The average Bonchev–Trinajstić information content (AvgIpc) is 2.78. The number of carbonyl (C=O) groups is 1. The van der Waals surface area contributed by atoms with E-state index in [9.17, 15) is 4.79 Å². The van der Waals surface area contributed by atoms with E-state index in [1.165, 1.54) is 0 Å². The van der Waals surface area contributed by atoms with Crippen LogP contribution in [0.25, 0.3) is 0 Å². The van der Waals surface area contributed by atoms with Crippen LogP contribution in [0, 0.1) is 11.8 Å². The minimum absolute atomic E-state index is 0.0983. The van der Waals surface area contributed by atoms with E-state index in [1.807, 2.05) is 25.1 Å². The van der Waals surface area contributed by atoms with Crippen molar-refractivity contribution in [2.75, 3.05) is 0 Å². The molecule has 2 rings (SSSR count). The summed E-state index contributed by atoms with van der Waals surface area (Å²) >= 11 is 6.00. The van der Waals surface area contributed by atoms with Gasteiger partial charge in [-0.1, -0.05) is 36.7 Å². The lowest BCUT2D eigenvalue weighted by Gasteiger charge is -2.00. The van der Waals surface area contributed by atoms with Crippen molar-refractivity contribution in [1.82, 2.24) is 0 Å². The monoisotopic (exact) mass is 210 g/mol. The van der Waals surface area contributed by atoms with E-state index in [-0.39, 0.29) is 17.8 Å². The third-order valence-corrected chi connectivity index (χ3v) is 3.27. The zero-order valence-corrected chi connectivity index (χ0v) is 8.53. The summed E-state index contributed by atoms with van der Waals surface area (Å²) in [7, 11) is 0. The summed E-state index contributed by atoms with van der Waals surface area (Å²) in [4.78, 5) is 10.8. The number of carboxylic acids is 1. The predicted octanol–water partition coefficient (Wildman–Crippen LogP) is 2.77. The van der Waals surface area contributed by atoms with Gasteiger partial charge in [-0.15, -0.1) is 0 Å². The van der Waals surface area contributed by atoms with E-state index in [1.54, 1.807) is 6.07 Å². The second kappa shape index (κ2) is 3.28. The van der Waals surface area contributed by atoms with E-state index < -0.39 is 5.97 Å². The standard InChI is InChI=1S/C11H11ClO2/c1-6-9(10(6)11(13)14)7-4-2-3-5-8(7)12/h2-6,9-10H,1H3,(H,13,14). The molecule has 0 amide bonds. The van der Waals surface area contributed by atoms with Crippen molar-refractivity contribution in [3.05, 3.63) is 34.9 Å². The maximum Gasteiger partial charge on any atom is 0.307 e. The highest BCUT2D eigenvalue weighted by Gasteiger charge is 2.53. The molecule has 0 spiro atoms. The Bertz CT molecular complexity index is 375. The Morgan fingerprint density at radius 3 is 2.57 bits per heavy atom. The molecule has 0 aliphatic heterocycles. The first-order valence-corrected chi connectivity index (χ1v) is 4.98. The molecule has 1 N–H and O–H groups in total. The third-order valence-electron chi connectivity index (χ3n) is 2.93. The fourth-order valence-corrected chi connectivity index (χ4v) is 2.33. The minimum Gasteiger partial charge on any atom is -0.481 e. The number of carboxylic acid groups (broad SMARTS) is 1. The quantitative estimate of drug-likeness (QED) is 0.815. The lowest BCUT2D eigenvalue weighted by atomic mass is 10.1. The second-order valence-corrected chi connectivity index (χ2v) is 4.18.